The minimum absolute atomic E-state index is 0.198. The van der Waals surface area contributed by atoms with Gasteiger partial charge in [-0.3, -0.25) is 4.79 Å². The number of nitrogens with zero attached hydrogens (tertiary/aromatic N) is 3. The molecule has 2 heterocycles. The van der Waals surface area contributed by atoms with Gasteiger partial charge in [-0.15, -0.1) is 10.2 Å². The number of rotatable bonds is 2. The maximum Gasteiger partial charge on any atom is 0.203 e. The van der Waals surface area contributed by atoms with Gasteiger partial charge < -0.3 is 10.3 Å². The number of pyridine rings is 1. The first-order chi connectivity index (χ1) is 10.1. The fourth-order valence-corrected chi connectivity index (χ4v) is 2.67. The Morgan fingerprint density at radius 3 is 2.71 bits per heavy atom. The molecule has 0 fully saturated rings. The average Bonchev–Trinajstić information content (AvgIpc) is 2.86. The van der Waals surface area contributed by atoms with Crippen molar-refractivity contribution >= 4 is 16.5 Å². The normalized spacial score (nSPS) is 10.8. The van der Waals surface area contributed by atoms with Crippen molar-refractivity contribution in [1.82, 2.24) is 14.8 Å². The Hall–Kier alpha value is -2.54. The van der Waals surface area contributed by atoms with Crippen molar-refractivity contribution < 1.29 is 4.39 Å². The van der Waals surface area contributed by atoms with E-state index in [1.54, 1.807) is 35.9 Å². The molecule has 1 aromatic carbocycles. The molecular formula is C14H11FN4OS. The van der Waals surface area contributed by atoms with Crippen LogP contribution in [0, 0.1) is 12.7 Å². The third-order valence-corrected chi connectivity index (χ3v) is 3.81. The van der Waals surface area contributed by atoms with Crippen molar-refractivity contribution in [3.63, 3.8) is 0 Å². The lowest BCUT2D eigenvalue weighted by Crippen LogP contribution is -2.12. The van der Waals surface area contributed by atoms with Crippen LogP contribution in [0.25, 0.3) is 16.3 Å². The van der Waals surface area contributed by atoms with Gasteiger partial charge in [0.25, 0.3) is 0 Å². The molecule has 7 heteroatoms. The molecule has 0 aliphatic rings. The first-order valence-electron chi connectivity index (χ1n) is 6.14. The SMILES string of the molecule is Cc1cc(=O)c(-c2nnc(N)s2)cn1-c1ccccc1F. The second kappa shape index (κ2) is 5.10. The predicted molar refractivity (Wildman–Crippen MR) is 80.0 cm³/mol. The van der Waals surface area contributed by atoms with E-state index in [1.165, 1.54) is 12.1 Å². The largest absolute Gasteiger partial charge is 0.374 e. The standard InChI is InChI=1S/C14H11FN4OS/c1-8-6-12(20)9(13-17-18-14(16)21-13)7-19(8)11-5-3-2-4-10(11)15/h2-7H,1H3,(H2,16,18). The van der Waals surface area contributed by atoms with E-state index < -0.39 is 0 Å². The zero-order valence-electron chi connectivity index (χ0n) is 11.1. The predicted octanol–water partition coefficient (Wildman–Crippen LogP) is 2.39. The van der Waals surface area contributed by atoms with Crippen LogP contribution in [0.4, 0.5) is 9.52 Å². The smallest absolute Gasteiger partial charge is 0.203 e. The number of benzene rings is 1. The van der Waals surface area contributed by atoms with Crippen LogP contribution in [-0.4, -0.2) is 14.8 Å². The molecule has 3 aromatic rings. The van der Waals surface area contributed by atoms with Gasteiger partial charge in [0.1, 0.15) is 5.82 Å². The van der Waals surface area contributed by atoms with E-state index in [-0.39, 0.29) is 16.4 Å². The van der Waals surface area contributed by atoms with Crippen molar-refractivity contribution in [3.8, 4) is 16.3 Å². The molecule has 0 amide bonds. The summed E-state index contributed by atoms with van der Waals surface area (Å²) in [6, 6.07) is 7.81. The molecule has 0 spiro atoms. The second-order valence-corrected chi connectivity index (χ2v) is 5.47. The zero-order valence-corrected chi connectivity index (χ0v) is 11.9. The van der Waals surface area contributed by atoms with Gasteiger partial charge in [-0.25, -0.2) is 4.39 Å². The van der Waals surface area contributed by atoms with Crippen LogP contribution >= 0.6 is 11.3 Å². The molecular weight excluding hydrogens is 291 g/mol. The Morgan fingerprint density at radius 2 is 2.05 bits per heavy atom. The Bertz CT molecular complexity index is 871. The summed E-state index contributed by atoms with van der Waals surface area (Å²) in [7, 11) is 0. The highest BCUT2D eigenvalue weighted by molar-refractivity contribution is 7.18. The number of anilines is 1. The van der Waals surface area contributed by atoms with Gasteiger partial charge in [-0.1, -0.05) is 23.5 Å². The molecule has 0 saturated carbocycles. The maximum absolute atomic E-state index is 13.9. The van der Waals surface area contributed by atoms with E-state index in [4.69, 9.17) is 5.73 Å². The minimum Gasteiger partial charge on any atom is -0.374 e. The Balaban J connectivity index is 2.24. The van der Waals surface area contributed by atoms with Gasteiger partial charge in [0.15, 0.2) is 10.4 Å². The minimum atomic E-state index is -0.369. The highest BCUT2D eigenvalue weighted by atomic mass is 32.1. The monoisotopic (exact) mass is 302 g/mol. The Morgan fingerprint density at radius 1 is 1.29 bits per heavy atom. The van der Waals surface area contributed by atoms with Crippen LogP contribution in [0.3, 0.4) is 0 Å². The molecule has 0 aliphatic heterocycles. The second-order valence-electron chi connectivity index (χ2n) is 4.46. The van der Waals surface area contributed by atoms with Crippen LogP contribution in [-0.2, 0) is 0 Å². The van der Waals surface area contributed by atoms with E-state index >= 15 is 0 Å². The molecule has 21 heavy (non-hydrogen) atoms. The van der Waals surface area contributed by atoms with Crippen LogP contribution in [0.5, 0.6) is 0 Å². The molecule has 2 N–H and O–H groups in total. The van der Waals surface area contributed by atoms with Gasteiger partial charge in [-0.05, 0) is 19.1 Å². The summed E-state index contributed by atoms with van der Waals surface area (Å²) in [5.41, 5.74) is 6.69. The molecule has 0 saturated heterocycles. The summed E-state index contributed by atoms with van der Waals surface area (Å²) in [6.45, 7) is 1.74. The molecule has 0 aliphatic carbocycles. The van der Waals surface area contributed by atoms with E-state index in [1.807, 2.05) is 0 Å². The third-order valence-electron chi connectivity index (χ3n) is 3.03. The fraction of sp³-hybridized carbons (Fsp3) is 0.0714. The van der Waals surface area contributed by atoms with Crippen LogP contribution in [0.2, 0.25) is 0 Å². The highest BCUT2D eigenvalue weighted by Crippen LogP contribution is 2.23. The lowest BCUT2D eigenvalue weighted by molar-refractivity contribution is 0.616. The molecule has 0 radical (unpaired) electrons. The Kier molecular flexibility index (Phi) is 3.26. The molecule has 106 valence electrons. The van der Waals surface area contributed by atoms with Crippen LogP contribution in [0.15, 0.2) is 41.3 Å². The summed E-state index contributed by atoms with van der Waals surface area (Å²) < 4.78 is 15.6. The van der Waals surface area contributed by atoms with Crippen molar-refractivity contribution in [2.45, 2.75) is 6.92 Å². The number of nitrogens with two attached hydrogens (primary N) is 1. The van der Waals surface area contributed by atoms with Crippen molar-refractivity contribution in [3.05, 3.63) is 58.3 Å². The number of aryl methyl sites for hydroxylation is 1. The zero-order chi connectivity index (χ0) is 15.0. The van der Waals surface area contributed by atoms with E-state index in [9.17, 15) is 9.18 Å². The van der Waals surface area contributed by atoms with Crippen molar-refractivity contribution in [1.29, 1.82) is 0 Å². The lowest BCUT2D eigenvalue weighted by Gasteiger charge is -2.12. The van der Waals surface area contributed by atoms with Gasteiger partial charge in [-0.2, -0.15) is 0 Å². The van der Waals surface area contributed by atoms with Gasteiger partial charge in [0, 0.05) is 18.0 Å². The van der Waals surface area contributed by atoms with Crippen molar-refractivity contribution in [2.75, 3.05) is 5.73 Å². The molecule has 5 nitrogen and oxygen atoms in total. The van der Waals surface area contributed by atoms with Gasteiger partial charge in [0.2, 0.25) is 5.13 Å². The van der Waals surface area contributed by atoms with Gasteiger partial charge in [0.05, 0.1) is 11.3 Å². The number of para-hydroxylation sites is 1. The summed E-state index contributed by atoms with van der Waals surface area (Å²) in [6.07, 6.45) is 1.57. The summed E-state index contributed by atoms with van der Waals surface area (Å²) in [5.74, 6) is -0.369. The van der Waals surface area contributed by atoms with Crippen molar-refractivity contribution in [2.24, 2.45) is 0 Å². The lowest BCUT2D eigenvalue weighted by atomic mass is 10.2. The summed E-state index contributed by atoms with van der Waals surface area (Å²) in [5, 5.41) is 8.27. The van der Waals surface area contributed by atoms with Crippen LogP contribution in [0.1, 0.15) is 5.69 Å². The molecule has 0 bridgehead atoms. The molecule has 0 unspecified atom stereocenters. The number of halogens is 1. The van der Waals surface area contributed by atoms with Gasteiger partial charge >= 0.3 is 0 Å². The number of hydrogen-bond donors (Lipinski definition) is 1. The van der Waals surface area contributed by atoms with E-state index in [2.05, 4.69) is 10.2 Å². The first-order valence-corrected chi connectivity index (χ1v) is 6.95. The Labute approximate surface area is 123 Å². The molecule has 2 aromatic heterocycles. The van der Waals surface area contributed by atoms with E-state index in [0.717, 1.165) is 11.3 Å². The number of nitrogen functional groups attached to an aromatic ring is 1. The highest BCUT2D eigenvalue weighted by Gasteiger charge is 2.13. The van der Waals surface area contributed by atoms with E-state index in [0.29, 0.717) is 22.0 Å². The quantitative estimate of drug-likeness (QED) is 0.789. The number of hydrogen-bond acceptors (Lipinski definition) is 5. The first kappa shape index (κ1) is 13.4. The summed E-state index contributed by atoms with van der Waals surface area (Å²) >= 11 is 1.12. The fourth-order valence-electron chi connectivity index (χ4n) is 2.04. The third kappa shape index (κ3) is 2.43. The molecule has 3 rings (SSSR count). The van der Waals surface area contributed by atoms with Crippen LogP contribution < -0.4 is 11.2 Å². The summed E-state index contributed by atoms with van der Waals surface area (Å²) in [4.78, 5) is 12.1. The topological polar surface area (TPSA) is 73.8 Å². The maximum atomic E-state index is 13.9. The average molecular weight is 302 g/mol. The number of aromatic nitrogens is 3. The molecule has 0 atom stereocenters.